The van der Waals surface area contributed by atoms with Gasteiger partial charge >= 0.3 is 12.1 Å². The first-order valence-electron chi connectivity index (χ1n) is 6.05. The van der Waals surface area contributed by atoms with Crippen molar-refractivity contribution in [2.75, 3.05) is 26.2 Å². The highest BCUT2D eigenvalue weighted by atomic mass is 19.4. The molecule has 0 spiro atoms. The van der Waals surface area contributed by atoms with Gasteiger partial charge in [-0.25, -0.2) is 0 Å². The monoisotopic (exact) mass is 282 g/mol. The van der Waals surface area contributed by atoms with Crippen molar-refractivity contribution in [1.82, 2.24) is 10.2 Å². The quantitative estimate of drug-likeness (QED) is 0.784. The molecule has 19 heavy (non-hydrogen) atoms. The number of carbonyl (C=O) groups excluding carboxylic acids is 1. The van der Waals surface area contributed by atoms with Crippen LogP contribution in [0.4, 0.5) is 13.2 Å². The van der Waals surface area contributed by atoms with Crippen molar-refractivity contribution < 1.29 is 27.9 Å². The molecular formula is C11H17F3N2O3. The number of nitrogens with one attached hydrogen (secondary N) is 1. The number of nitrogens with zero attached hydrogens (tertiary/aromatic N) is 1. The largest absolute Gasteiger partial charge is 0.480 e. The van der Waals surface area contributed by atoms with Crippen LogP contribution in [0.3, 0.4) is 0 Å². The van der Waals surface area contributed by atoms with E-state index in [1.807, 2.05) is 0 Å². The normalized spacial score (nSPS) is 17.2. The predicted molar refractivity (Wildman–Crippen MR) is 60.5 cm³/mol. The third-order valence-electron chi connectivity index (χ3n) is 2.97. The van der Waals surface area contributed by atoms with Crippen LogP contribution in [0.5, 0.6) is 0 Å². The Labute approximate surface area is 108 Å². The lowest BCUT2D eigenvalue weighted by molar-refractivity contribution is -0.166. The molecular weight excluding hydrogens is 265 g/mol. The zero-order valence-electron chi connectivity index (χ0n) is 10.4. The number of halogens is 3. The predicted octanol–water partition coefficient (Wildman–Crippen LogP) is 0.852. The lowest BCUT2D eigenvalue weighted by atomic mass is 9.94. The molecule has 1 heterocycles. The van der Waals surface area contributed by atoms with Crippen molar-refractivity contribution in [3.8, 4) is 0 Å². The molecule has 0 bridgehead atoms. The van der Waals surface area contributed by atoms with Gasteiger partial charge in [-0.15, -0.1) is 0 Å². The Hall–Kier alpha value is -1.31. The molecule has 1 aliphatic rings. The number of aliphatic carboxylic acids is 1. The van der Waals surface area contributed by atoms with Crippen LogP contribution < -0.4 is 5.32 Å². The van der Waals surface area contributed by atoms with E-state index in [-0.39, 0.29) is 12.3 Å². The topological polar surface area (TPSA) is 69.6 Å². The molecule has 1 saturated heterocycles. The molecule has 1 fully saturated rings. The summed E-state index contributed by atoms with van der Waals surface area (Å²) in [5.41, 5.74) is 0. The molecule has 0 aliphatic carbocycles. The molecule has 0 aromatic carbocycles. The molecule has 0 atom stereocenters. The van der Waals surface area contributed by atoms with Gasteiger partial charge < -0.3 is 15.3 Å². The third-order valence-corrected chi connectivity index (χ3v) is 2.97. The fourth-order valence-corrected chi connectivity index (χ4v) is 2.07. The van der Waals surface area contributed by atoms with E-state index in [0.717, 1.165) is 25.9 Å². The molecule has 8 heteroatoms. The molecule has 0 aromatic rings. The van der Waals surface area contributed by atoms with E-state index in [1.165, 1.54) is 0 Å². The van der Waals surface area contributed by atoms with Gasteiger partial charge in [0.05, 0.1) is 0 Å². The van der Waals surface area contributed by atoms with E-state index in [0.29, 0.717) is 4.90 Å². The number of hydrogen-bond acceptors (Lipinski definition) is 3. The minimum absolute atomic E-state index is 0.0228. The average Bonchev–Trinajstić information content (AvgIpc) is 2.27. The van der Waals surface area contributed by atoms with Crippen LogP contribution >= 0.6 is 0 Å². The number of piperidine rings is 1. The van der Waals surface area contributed by atoms with Crippen LogP contribution in [0, 0.1) is 5.92 Å². The fraction of sp³-hybridized carbons (Fsp3) is 0.818. The Morgan fingerprint density at radius 3 is 2.32 bits per heavy atom. The van der Waals surface area contributed by atoms with Gasteiger partial charge in [0.15, 0.2) is 0 Å². The van der Waals surface area contributed by atoms with E-state index in [1.54, 1.807) is 0 Å². The van der Waals surface area contributed by atoms with E-state index >= 15 is 0 Å². The van der Waals surface area contributed by atoms with Gasteiger partial charge in [-0.05, 0) is 31.8 Å². The highest BCUT2D eigenvalue weighted by molar-refractivity contribution is 5.81. The first-order chi connectivity index (χ1) is 8.78. The van der Waals surface area contributed by atoms with Crippen LogP contribution in [0.15, 0.2) is 0 Å². The molecule has 2 N–H and O–H groups in total. The van der Waals surface area contributed by atoms with Crippen LogP contribution in [0.1, 0.15) is 19.3 Å². The maximum atomic E-state index is 12.3. The third kappa shape index (κ3) is 6.42. The van der Waals surface area contributed by atoms with Crippen molar-refractivity contribution in [3.05, 3.63) is 0 Å². The van der Waals surface area contributed by atoms with Gasteiger partial charge in [0.25, 0.3) is 0 Å². The highest BCUT2D eigenvalue weighted by Gasteiger charge is 2.34. The van der Waals surface area contributed by atoms with Gasteiger partial charge in [-0.2, -0.15) is 13.2 Å². The summed E-state index contributed by atoms with van der Waals surface area (Å²) in [6, 6.07) is 0. The Kier molecular flexibility index (Phi) is 5.59. The Morgan fingerprint density at radius 1 is 1.26 bits per heavy atom. The first kappa shape index (κ1) is 15.7. The highest BCUT2D eigenvalue weighted by Crippen LogP contribution is 2.20. The Balaban J connectivity index is 2.56. The molecule has 5 nitrogen and oxygen atoms in total. The summed E-state index contributed by atoms with van der Waals surface area (Å²) in [7, 11) is 0. The summed E-state index contributed by atoms with van der Waals surface area (Å²) in [5.74, 6) is -2.16. The number of carboxylic acids is 1. The number of carboxylic acid groups (broad SMARTS) is 1. The van der Waals surface area contributed by atoms with E-state index < -0.39 is 31.1 Å². The number of carbonyl (C=O) groups is 2. The van der Waals surface area contributed by atoms with Gasteiger partial charge in [-0.3, -0.25) is 9.59 Å². The van der Waals surface area contributed by atoms with Gasteiger partial charge in [-0.1, -0.05) is 0 Å². The van der Waals surface area contributed by atoms with Gasteiger partial charge in [0.1, 0.15) is 13.1 Å². The molecule has 0 radical (unpaired) electrons. The lowest BCUT2D eigenvalue weighted by Gasteiger charge is -2.26. The van der Waals surface area contributed by atoms with Gasteiger partial charge in [0.2, 0.25) is 5.91 Å². The lowest BCUT2D eigenvalue weighted by Crippen LogP contribution is -2.43. The van der Waals surface area contributed by atoms with Gasteiger partial charge in [0, 0.05) is 6.42 Å². The molecule has 0 aromatic heterocycles. The van der Waals surface area contributed by atoms with Crippen molar-refractivity contribution in [2.24, 2.45) is 5.92 Å². The minimum Gasteiger partial charge on any atom is -0.480 e. The second-order valence-electron chi connectivity index (χ2n) is 4.66. The van der Waals surface area contributed by atoms with E-state index in [4.69, 9.17) is 5.11 Å². The van der Waals surface area contributed by atoms with Crippen molar-refractivity contribution in [2.45, 2.75) is 25.4 Å². The molecule has 0 unspecified atom stereocenters. The average molecular weight is 282 g/mol. The van der Waals surface area contributed by atoms with E-state index in [2.05, 4.69) is 5.32 Å². The summed E-state index contributed by atoms with van der Waals surface area (Å²) in [6.07, 6.45) is -3.17. The maximum Gasteiger partial charge on any atom is 0.406 e. The van der Waals surface area contributed by atoms with Crippen LogP contribution in [0.2, 0.25) is 0 Å². The first-order valence-corrected chi connectivity index (χ1v) is 6.05. The molecule has 1 aliphatic heterocycles. The number of rotatable bonds is 5. The van der Waals surface area contributed by atoms with Crippen LogP contribution in [-0.4, -0.2) is 54.2 Å². The van der Waals surface area contributed by atoms with Crippen molar-refractivity contribution in [3.63, 3.8) is 0 Å². The summed E-state index contributed by atoms with van der Waals surface area (Å²) >= 11 is 0. The maximum absolute atomic E-state index is 12.3. The van der Waals surface area contributed by atoms with Crippen molar-refractivity contribution >= 4 is 11.9 Å². The molecule has 0 saturated carbocycles. The van der Waals surface area contributed by atoms with Crippen molar-refractivity contribution in [1.29, 1.82) is 0 Å². The molecule has 1 amide bonds. The smallest absolute Gasteiger partial charge is 0.406 e. The number of amides is 1. The Morgan fingerprint density at radius 2 is 1.84 bits per heavy atom. The SMILES string of the molecule is O=C(O)CN(CC(F)(F)F)C(=O)CC1CCNCC1. The second-order valence-corrected chi connectivity index (χ2v) is 4.66. The molecule has 1 rings (SSSR count). The summed E-state index contributed by atoms with van der Waals surface area (Å²) in [4.78, 5) is 22.7. The van der Waals surface area contributed by atoms with Crippen LogP contribution in [0.25, 0.3) is 0 Å². The summed E-state index contributed by atoms with van der Waals surface area (Å²) < 4.78 is 36.9. The van der Waals surface area contributed by atoms with E-state index in [9.17, 15) is 22.8 Å². The second kappa shape index (κ2) is 6.74. The summed E-state index contributed by atoms with van der Waals surface area (Å²) in [5, 5.41) is 11.7. The number of alkyl halides is 3. The summed E-state index contributed by atoms with van der Waals surface area (Å²) in [6.45, 7) is -0.960. The standard InChI is InChI=1S/C11H17F3N2O3/c12-11(13,14)7-16(6-10(18)19)9(17)5-8-1-3-15-4-2-8/h8,15H,1-7H2,(H,18,19). The number of hydrogen-bond donors (Lipinski definition) is 2. The minimum atomic E-state index is -4.58. The Bertz CT molecular complexity index is 328. The zero-order chi connectivity index (χ0) is 14.5. The van der Waals surface area contributed by atoms with Crippen LogP contribution in [-0.2, 0) is 9.59 Å². The zero-order valence-corrected chi connectivity index (χ0v) is 10.4. The fourth-order valence-electron chi connectivity index (χ4n) is 2.07. The molecule has 110 valence electrons.